The van der Waals surface area contributed by atoms with Gasteiger partial charge in [-0.05, 0) is 43.3 Å². The van der Waals surface area contributed by atoms with E-state index in [9.17, 15) is 4.79 Å². The molecule has 7 nitrogen and oxygen atoms in total. The topological polar surface area (TPSA) is 96.7 Å². The summed E-state index contributed by atoms with van der Waals surface area (Å²) < 4.78 is 5.32. The van der Waals surface area contributed by atoms with Crippen molar-refractivity contribution < 1.29 is 9.21 Å². The van der Waals surface area contributed by atoms with Crippen molar-refractivity contribution in [3.05, 3.63) is 59.6 Å². The molecule has 26 heavy (non-hydrogen) atoms. The summed E-state index contributed by atoms with van der Waals surface area (Å²) in [6, 6.07) is 11.1. The summed E-state index contributed by atoms with van der Waals surface area (Å²) in [5.74, 6) is 1.98. The third-order valence-corrected chi connectivity index (χ3v) is 4.56. The van der Waals surface area contributed by atoms with E-state index in [1.807, 2.05) is 48.7 Å². The first-order valence-electron chi connectivity index (χ1n) is 7.95. The zero-order valence-electron chi connectivity index (χ0n) is 13.9. The second-order valence-corrected chi connectivity index (χ2v) is 6.53. The first kappa shape index (κ1) is 16.2. The number of H-pyrrole nitrogens is 1. The van der Waals surface area contributed by atoms with Crippen LogP contribution in [0, 0.1) is 6.92 Å². The van der Waals surface area contributed by atoms with Gasteiger partial charge >= 0.3 is 0 Å². The van der Waals surface area contributed by atoms with Crippen LogP contribution in [0.4, 0.5) is 5.69 Å². The third kappa shape index (κ3) is 3.55. The monoisotopic (exact) mass is 365 g/mol. The Hall–Kier alpha value is -3.26. The number of benzene rings is 1. The van der Waals surface area contributed by atoms with Crippen molar-refractivity contribution in [3.8, 4) is 22.2 Å². The molecule has 0 saturated heterocycles. The van der Waals surface area contributed by atoms with Crippen LogP contribution in [-0.2, 0) is 11.2 Å². The molecule has 0 saturated carbocycles. The first-order valence-corrected chi connectivity index (χ1v) is 8.83. The molecule has 0 spiro atoms. The van der Waals surface area contributed by atoms with Crippen molar-refractivity contribution in [1.29, 1.82) is 0 Å². The number of amides is 1. The van der Waals surface area contributed by atoms with Crippen LogP contribution < -0.4 is 5.32 Å². The molecule has 8 heteroatoms. The van der Waals surface area contributed by atoms with E-state index in [-0.39, 0.29) is 12.3 Å². The molecule has 0 bridgehead atoms. The van der Waals surface area contributed by atoms with E-state index in [1.165, 1.54) is 11.3 Å². The van der Waals surface area contributed by atoms with Crippen molar-refractivity contribution in [2.75, 3.05) is 5.32 Å². The minimum atomic E-state index is -0.122. The van der Waals surface area contributed by atoms with Crippen molar-refractivity contribution >= 4 is 22.9 Å². The highest BCUT2D eigenvalue weighted by Crippen LogP contribution is 2.24. The second-order valence-electron chi connectivity index (χ2n) is 5.67. The number of aromatic amines is 1. The molecule has 0 aliphatic rings. The summed E-state index contributed by atoms with van der Waals surface area (Å²) in [6.07, 6.45) is 1.81. The SMILES string of the molecule is Cc1nc(-c2ccc(NC(=O)Cc3csc(-c4ccco4)n3)cc2)n[nH]1. The van der Waals surface area contributed by atoms with E-state index < -0.39 is 0 Å². The van der Waals surface area contributed by atoms with Crippen LogP contribution in [0.2, 0.25) is 0 Å². The maximum Gasteiger partial charge on any atom is 0.230 e. The van der Waals surface area contributed by atoms with Gasteiger partial charge in [-0.1, -0.05) is 0 Å². The number of carbonyl (C=O) groups is 1. The molecule has 3 aromatic heterocycles. The Kier molecular flexibility index (Phi) is 4.32. The number of aromatic nitrogens is 4. The zero-order valence-corrected chi connectivity index (χ0v) is 14.7. The van der Waals surface area contributed by atoms with Crippen LogP contribution in [0.25, 0.3) is 22.2 Å². The van der Waals surface area contributed by atoms with Gasteiger partial charge in [0, 0.05) is 16.6 Å². The molecule has 1 aromatic carbocycles. The normalized spacial score (nSPS) is 10.8. The summed E-state index contributed by atoms with van der Waals surface area (Å²) in [4.78, 5) is 21.0. The molecule has 2 N–H and O–H groups in total. The zero-order chi connectivity index (χ0) is 17.9. The molecule has 3 heterocycles. The molecular formula is C18H15N5O2S. The minimum Gasteiger partial charge on any atom is -0.462 e. The van der Waals surface area contributed by atoms with Gasteiger partial charge in [0.05, 0.1) is 18.4 Å². The number of hydrogen-bond acceptors (Lipinski definition) is 6. The Morgan fingerprint density at radius 3 is 2.77 bits per heavy atom. The number of anilines is 1. The molecule has 1 amide bonds. The lowest BCUT2D eigenvalue weighted by Gasteiger charge is -2.04. The van der Waals surface area contributed by atoms with Crippen LogP contribution in [0.3, 0.4) is 0 Å². The summed E-state index contributed by atoms with van der Waals surface area (Å²) in [6.45, 7) is 1.85. The van der Waals surface area contributed by atoms with Crippen molar-refractivity contribution in [3.63, 3.8) is 0 Å². The minimum absolute atomic E-state index is 0.122. The average molecular weight is 365 g/mol. The fourth-order valence-corrected chi connectivity index (χ4v) is 3.23. The number of carbonyl (C=O) groups excluding carboxylic acids is 1. The van der Waals surface area contributed by atoms with E-state index in [0.717, 1.165) is 16.4 Å². The Morgan fingerprint density at radius 2 is 2.08 bits per heavy atom. The summed E-state index contributed by atoms with van der Waals surface area (Å²) in [5, 5.41) is 12.4. The molecule has 0 atom stereocenters. The number of nitrogens with zero attached hydrogens (tertiary/aromatic N) is 3. The van der Waals surface area contributed by atoms with Crippen LogP contribution in [-0.4, -0.2) is 26.1 Å². The maximum atomic E-state index is 12.2. The molecule has 4 aromatic rings. The number of furan rings is 1. The summed E-state index contributed by atoms with van der Waals surface area (Å²) in [5.41, 5.74) is 2.31. The first-order chi connectivity index (χ1) is 12.7. The Morgan fingerprint density at radius 1 is 1.23 bits per heavy atom. The predicted molar refractivity (Wildman–Crippen MR) is 98.7 cm³/mol. The molecule has 130 valence electrons. The third-order valence-electron chi connectivity index (χ3n) is 3.65. The lowest BCUT2D eigenvalue weighted by Crippen LogP contribution is -2.14. The number of aryl methyl sites for hydroxylation is 1. The maximum absolute atomic E-state index is 12.2. The molecule has 0 radical (unpaired) electrons. The van der Waals surface area contributed by atoms with Crippen LogP contribution >= 0.6 is 11.3 Å². The Labute approximate surface area is 153 Å². The lowest BCUT2D eigenvalue weighted by molar-refractivity contribution is -0.115. The summed E-state index contributed by atoms with van der Waals surface area (Å²) in [7, 11) is 0. The summed E-state index contributed by atoms with van der Waals surface area (Å²) >= 11 is 1.46. The number of hydrogen-bond donors (Lipinski definition) is 2. The smallest absolute Gasteiger partial charge is 0.230 e. The highest BCUT2D eigenvalue weighted by molar-refractivity contribution is 7.13. The van der Waals surface area contributed by atoms with Crippen molar-refractivity contribution in [1.82, 2.24) is 20.2 Å². The number of rotatable bonds is 5. The van der Waals surface area contributed by atoms with Gasteiger partial charge in [-0.15, -0.1) is 11.3 Å². The van der Waals surface area contributed by atoms with Gasteiger partial charge in [-0.2, -0.15) is 5.10 Å². The van der Waals surface area contributed by atoms with Gasteiger partial charge in [0.25, 0.3) is 0 Å². The van der Waals surface area contributed by atoms with Crippen LogP contribution in [0.15, 0.2) is 52.5 Å². The van der Waals surface area contributed by atoms with E-state index in [1.54, 1.807) is 6.26 Å². The second kappa shape index (κ2) is 6.93. The Bertz CT molecular complexity index is 1020. The highest BCUT2D eigenvalue weighted by Gasteiger charge is 2.11. The van der Waals surface area contributed by atoms with Gasteiger partial charge in [0.15, 0.2) is 16.6 Å². The van der Waals surface area contributed by atoms with Gasteiger partial charge in [-0.3, -0.25) is 9.89 Å². The standard InChI is InChI=1S/C18H15N5O2S/c1-11-19-17(23-22-11)12-4-6-13(7-5-12)20-16(24)9-14-10-26-18(21-14)15-3-2-8-25-15/h2-8,10H,9H2,1H3,(H,20,24)(H,19,22,23). The average Bonchev–Trinajstić information content (AvgIpc) is 3.36. The van der Waals surface area contributed by atoms with Crippen LogP contribution in [0.1, 0.15) is 11.5 Å². The van der Waals surface area contributed by atoms with Gasteiger partial charge in [0.2, 0.25) is 5.91 Å². The molecule has 0 aliphatic carbocycles. The fourth-order valence-electron chi connectivity index (χ4n) is 2.45. The van der Waals surface area contributed by atoms with Crippen LogP contribution in [0.5, 0.6) is 0 Å². The van der Waals surface area contributed by atoms with Crippen molar-refractivity contribution in [2.24, 2.45) is 0 Å². The van der Waals surface area contributed by atoms with Gasteiger partial charge in [-0.25, -0.2) is 9.97 Å². The molecular weight excluding hydrogens is 350 g/mol. The van der Waals surface area contributed by atoms with E-state index >= 15 is 0 Å². The Balaban J connectivity index is 1.39. The number of nitrogens with one attached hydrogen (secondary N) is 2. The largest absolute Gasteiger partial charge is 0.462 e. The van der Waals surface area contributed by atoms with E-state index in [4.69, 9.17) is 4.42 Å². The number of thiazole rings is 1. The predicted octanol–water partition coefficient (Wildman–Crippen LogP) is 3.68. The molecule has 4 rings (SSSR count). The van der Waals surface area contributed by atoms with Gasteiger partial charge < -0.3 is 9.73 Å². The highest BCUT2D eigenvalue weighted by atomic mass is 32.1. The quantitative estimate of drug-likeness (QED) is 0.562. The van der Waals surface area contributed by atoms with Crippen molar-refractivity contribution in [2.45, 2.75) is 13.3 Å². The lowest BCUT2D eigenvalue weighted by atomic mass is 10.2. The molecule has 0 unspecified atom stereocenters. The molecule has 0 fully saturated rings. The van der Waals surface area contributed by atoms with Gasteiger partial charge in [0.1, 0.15) is 5.82 Å². The fraction of sp³-hybridized carbons (Fsp3) is 0.111. The van der Waals surface area contributed by atoms with E-state index in [0.29, 0.717) is 23.0 Å². The molecule has 0 aliphatic heterocycles. The van der Waals surface area contributed by atoms with E-state index in [2.05, 4.69) is 25.5 Å².